The van der Waals surface area contributed by atoms with Gasteiger partial charge < -0.3 is 0 Å². The van der Waals surface area contributed by atoms with Crippen LogP contribution in [0.5, 0.6) is 0 Å². The molecule has 0 aliphatic carbocycles. The van der Waals surface area contributed by atoms with Crippen LogP contribution in [-0.4, -0.2) is 0 Å². The van der Waals surface area contributed by atoms with Crippen molar-refractivity contribution in [2.75, 3.05) is 0 Å². The fourth-order valence-electron chi connectivity index (χ4n) is 2.36. The predicted octanol–water partition coefficient (Wildman–Crippen LogP) is 6.43. The summed E-state index contributed by atoms with van der Waals surface area (Å²) < 4.78 is 0. The quantitative estimate of drug-likeness (QED) is 0.422. The summed E-state index contributed by atoms with van der Waals surface area (Å²) in [7, 11) is 0. The molecule has 0 fully saturated rings. The maximum atomic E-state index is 9.56. The van der Waals surface area contributed by atoms with Crippen molar-refractivity contribution in [1.82, 2.24) is 0 Å². The molecule has 0 bridgehead atoms. The molecule has 0 radical (unpaired) electrons. The molecule has 0 N–H and O–H groups in total. The van der Waals surface area contributed by atoms with Crippen molar-refractivity contribution in [3.8, 4) is 12.1 Å². The SMILES string of the molecule is C=CC=CC(C#N)=C(C=Cc1ccccc1)C=C(C#N)C=Cc1ccccc1. The Morgan fingerprint density at radius 3 is 1.82 bits per heavy atom. The minimum Gasteiger partial charge on any atom is -0.192 e. The summed E-state index contributed by atoms with van der Waals surface area (Å²) in [6.07, 6.45) is 14.1. The maximum Gasteiger partial charge on any atom is 0.0997 e. The Balaban J connectivity index is 2.44. The van der Waals surface area contributed by atoms with E-state index in [2.05, 4.69) is 18.7 Å². The van der Waals surface area contributed by atoms with Crippen LogP contribution in [0.2, 0.25) is 0 Å². The molecular weight excluding hydrogens is 340 g/mol. The van der Waals surface area contributed by atoms with Crippen LogP contribution >= 0.6 is 0 Å². The van der Waals surface area contributed by atoms with Crippen LogP contribution in [0.4, 0.5) is 0 Å². The van der Waals surface area contributed by atoms with Crippen LogP contribution in [0.25, 0.3) is 12.2 Å². The molecule has 0 atom stereocenters. The van der Waals surface area contributed by atoms with Crippen molar-refractivity contribution >= 4 is 12.2 Å². The van der Waals surface area contributed by atoms with E-state index in [0.717, 1.165) is 11.1 Å². The third-order valence-corrected chi connectivity index (χ3v) is 3.78. The Hall–Kier alpha value is -4.14. The van der Waals surface area contributed by atoms with Crippen molar-refractivity contribution in [3.05, 3.63) is 132 Å². The molecule has 0 spiro atoms. The van der Waals surface area contributed by atoms with Gasteiger partial charge in [0.25, 0.3) is 0 Å². The molecule has 0 heterocycles. The molecule has 2 rings (SSSR count). The zero-order valence-electron chi connectivity index (χ0n) is 15.5. The summed E-state index contributed by atoms with van der Waals surface area (Å²) in [6.45, 7) is 3.64. The number of nitrogens with zero attached hydrogens (tertiary/aromatic N) is 2. The molecule has 0 unspecified atom stereocenters. The molecule has 0 saturated carbocycles. The van der Waals surface area contributed by atoms with Crippen LogP contribution in [0.15, 0.2) is 120 Å². The van der Waals surface area contributed by atoms with Crippen molar-refractivity contribution in [2.24, 2.45) is 0 Å². The molecule has 0 aromatic heterocycles. The smallest absolute Gasteiger partial charge is 0.0997 e. The second kappa shape index (κ2) is 11.5. The lowest BCUT2D eigenvalue weighted by Crippen LogP contribution is -1.84. The third kappa shape index (κ3) is 6.64. The van der Waals surface area contributed by atoms with Gasteiger partial charge in [0.1, 0.15) is 0 Å². The van der Waals surface area contributed by atoms with Gasteiger partial charge in [-0.1, -0.05) is 97.6 Å². The van der Waals surface area contributed by atoms with E-state index >= 15 is 0 Å². The highest BCUT2D eigenvalue weighted by Gasteiger charge is 2.01. The summed E-state index contributed by atoms with van der Waals surface area (Å²) in [5, 5.41) is 19.1. The van der Waals surface area contributed by atoms with E-state index in [1.165, 1.54) is 0 Å². The van der Waals surface area contributed by atoms with Gasteiger partial charge in [0, 0.05) is 0 Å². The average molecular weight is 360 g/mol. The summed E-state index contributed by atoms with van der Waals surface area (Å²) in [6, 6.07) is 23.9. The molecule has 134 valence electrons. The Labute approximate surface area is 166 Å². The maximum absolute atomic E-state index is 9.56. The van der Waals surface area contributed by atoms with Gasteiger partial charge in [-0.05, 0) is 34.9 Å². The van der Waals surface area contributed by atoms with Gasteiger partial charge in [-0.3, -0.25) is 0 Å². The fraction of sp³-hybridized carbons (Fsp3) is 0. The molecule has 2 aromatic rings. The number of allylic oxidation sites excluding steroid dienone is 9. The van der Waals surface area contributed by atoms with Crippen molar-refractivity contribution in [3.63, 3.8) is 0 Å². The summed E-state index contributed by atoms with van der Waals surface area (Å²) in [5.74, 6) is 0. The highest BCUT2D eigenvalue weighted by molar-refractivity contribution is 5.62. The lowest BCUT2D eigenvalue weighted by molar-refractivity contribution is 1.45. The van der Waals surface area contributed by atoms with Crippen molar-refractivity contribution in [2.45, 2.75) is 0 Å². The molecule has 2 nitrogen and oxygen atoms in total. The summed E-state index contributed by atoms with van der Waals surface area (Å²) in [4.78, 5) is 0. The van der Waals surface area contributed by atoms with E-state index in [1.807, 2.05) is 78.9 Å². The first-order valence-corrected chi connectivity index (χ1v) is 8.78. The van der Waals surface area contributed by atoms with Crippen LogP contribution in [0.1, 0.15) is 11.1 Å². The van der Waals surface area contributed by atoms with Gasteiger partial charge in [0.2, 0.25) is 0 Å². The van der Waals surface area contributed by atoms with Gasteiger partial charge in [0.15, 0.2) is 0 Å². The second-order valence-corrected chi connectivity index (χ2v) is 5.78. The van der Waals surface area contributed by atoms with Crippen molar-refractivity contribution < 1.29 is 0 Å². The standard InChI is InChI=1S/C26H20N2/c1-2-3-14-26(21-28)25(18-17-23-12-8-5-9-13-23)19-24(20-27)16-15-22-10-6-4-7-11-22/h2-19H,1H2. The first-order valence-electron chi connectivity index (χ1n) is 8.78. The van der Waals surface area contributed by atoms with Gasteiger partial charge in [0.05, 0.1) is 23.3 Å². The topological polar surface area (TPSA) is 47.6 Å². The van der Waals surface area contributed by atoms with E-state index < -0.39 is 0 Å². The van der Waals surface area contributed by atoms with Crippen LogP contribution in [-0.2, 0) is 0 Å². The molecule has 2 aromatic carbocycles. The van der Waals surface area contributed by atoms with Crippen LogP contribution in [0, 0.1) is 22.7 Å². The second-order valence-electron chi connectivity index (χ2n) is 5.78. The Morgan fingerprint density at radius 2 is 1.32 bits per heavy atom. The number of hydrogen-bond acceptors (Lipinski definition) is 2. The molecule has 0 saturated heterocycles. The Bertz CT molecular complexity index is 1020. The highest BCUT2D eigenvalue weighted by atomic mass is 14.3. The van der Waals surface area contributed by atoms with Crippen LogP contribution < -0.4 is 0 Å². The van der Waals surface area contributed by atoms with Gasteiger partial charge in [-0.15, -0.1) is 0 Å². The summed E-state index contributed by atoms with van der Waals surface area (Å²) in [5.41, 5.74) is 3.57. The van der Waals surface area contributed by atoms with Gasteiger partial charge in [-0.2, -0.15) is 10.5 Å². The van der Waals surface area contributed by atoms with E-state index in [0.29, 0.717) is 16.7 Å². The third-order valence-electron chi connectivity index (χ3n) is 3.78. The summed E-state index contributed by atoms with van der Waals surface area (Å²) >= 11 is 0. The number of benzene rings is 2. The van der Waals surface area contributed by atoms with Gasteiger partial charge in [-0.25, -0.2) is 0 Å². The minimum absolute atomic E-state index is 0.452. The lowest BCUT2D eigenvalue weighted by Gasteiger charge is -2.00. The highest BCUT2D eigenvalue weighted by Crippen LogP contribution is 2.16. The minimum atomic E-state index is 0.452. The van der Waals surface area contributed by atoms with Gasteiger partial charge >= 0.3 is 0 Å². The zero-order valence-corrected chi connectivity index (χ0v) is 15.5. The molecule has 2 heteroatoms. The molecule has 0 aliphatic heterocycles. The van der Waals surface area contributed by atoms with E-state index in [4.69, 9.17) is 0 Å². The number of rotatable bonds is 7. The first-order chi connectivity index (χ1) is 13.8. The molecule has 0 aliphatic rings. The zero-order chi connectivity index (χ0) is 20.0. The largest absolute Gasteiger partial charge is 0.192 e. The van der Waals surface area contributed by atoms with E-state index in [1.54, 1.807) is 30.4 Å². The normalized spacial score (nSPS) is 12.7. The Morgan fingerprint density at radius 1 is 0.750 bits per heavy atom. The monoisotopic (exact) mass is 360 g/mol. The molecule has 0 amide bonds. The molecule has 28 heavy (non-hydrogen) atoms. The fourth-order valence-corrected chi connectivity index (χ4v) is 2.36. The van der Waals surface area contributed by atoms with Crippen LogP contribution in [0.3, 0.4) is 0 Å². The predicted molar refractivity (Wildman–Crippen MR) is 117 cm³/mol. The van der Waals surface area contributed by atoms with Crippen molar-refractivity contribution in [1.29, 1.82) is 10.5 Å². The van der Waals surface area contributed by atoms with E-state index in [9.17, 15) is 10.5 Å². The first kappa shape index (κ1) is 20.2. The number of nitriles is 2. The van der Waals surface area contributed by atoms with E-state index in [-0.39, 0.29) is 0 Å². The Kier molecular flexibility index (Phi) is 8.27. The molecular formula is C26H20N2. The lowest BCUT2D eigenvalue weighted by atomic mass is 10.0. The average Bonchev–Trinajstić information content (AvgIpc) is 2.76. The number of hydrogen-bond donors (Lipinski definition) is 0.